The first kappa shape index (κ1) is 13.3. The van der Waals surface area contributed by atoms with Crippen LogP contribution in [0, 0.1) is 5.41 Å². The van der Waals surface area contributed by atoms with Gasteiger partial charge in [0.05, 0.1) is 0 Å². The lowest BCUT2D eigenvalue weighted by Gasteiger charge is -2.37. The molecule has 1 aromatic heterocycles. The number of aryl methyl sites for hydroxylation is 1. The largest absolute Gasteiger partial charge is 0.330 e. The van der Waals surface area contributed by atoms with E-state index in [1.807, 2.05) is 11.3 Å². The fourth-order valence-corrected chi connectivity index (χ4v) is 4.70. The summed E-state index contributed by atoms with van der Waals surface area (Å²) in [6.07, 6.45) is 4.60. The first-order chi connectivity index (χ1) is 9.21. The lowest BCUT2D eigenvalue weighted by Crippen LogP contribution is -2.38. The molecular formula is C16H18BrNS. The smallest absolute Gasteiger partial charge is 0.0285 e. The van der Waals surface area contributed by atoms with Crippen molar-refractivity contribution in [3.05, 3.63) is 56.2 Å². The highest BCUT2D eigenvalue weighted by Gasteiger charge is 2.33. The van der Waals surface area contributed by atoms with Crippen molar-refractivity contribution in [3.63, 3.8) is 0 Å². The maximum Gasteiger partial charge on any atom is 0.0285 e. The van der Waals surface area contributed by atoms with E-state index in [0.29, 0.717) is 0 Å². The number of nitrogens with two attached hydrogens (primary N) is 1. The van der Waals surface area contributed by atoms with Crippen LogP contribution in [0.5, 0.6) is 0 Å². The Morgan fingerprint density at radius 2 is 2.05 bits per heavy atom. The molecule has 1 aliphatic rings. The zero-order valence-corrected chi connectivity index (χ0v) is 13.3. The molecule has 0 aliphatic heterocycles. The molecule has 3 heteroatoms. The molecule has 0 saturated carbocycles. The van der Waals surface area contributed by atoms with E-state index < -0.39 is 0 Å². The van der Waals surface area contributed by atoms with Gasteiger partial charge in [-0.05, 0) is 70.8 Å². The third-order valence-electron chi connectivity index (χ3n) is 4.21. The van der Waals surface area contributed by atoms with Crippen LogP contribution in [0.2, 0.25) is 0 Å². The van der Waals surface area contributed by atoms with Crippen LogP contribution in [0.15, 0.2) is 40.2 Å². The molecule has 0 saturated heterocycles. The average molecular weight is 336 g/mol. The van der Waals surface area contributed by atoms with Crippen LogP contribution in [0.25, 0.3) is 0 Å². The molecule has 1 unspecified atom stereocenters. The van der Waals surface area contributed by atoms with Gasteiger partial charge in [-0.15, -0.1) is 11.3 Å². The predicted molar refractivity (Wildman–Crippen MR) is 85.7 cm³/mol. The summed E-state index contributed by atoms with van der Waals surface area (Å²) < 4.78 is 1.19. The van der Waals surface area contributed by atoms with Gasteiger partial charge in [-0.1, -0.05) is 24.3 Å². The van der Waals surface area contributed by atoms with Crippen LogP contribution in [-0.2, 0) is 19.3 Å². The van der Waals surface area contributed by atoms with E-state index >= 15 is 0 Å². The summed E-state index contributed by atoms with van der Waals surface area (Å²) in [4.78, 5) is 1.44. The number of hydrogen-bond acceptors (Lipinski definition) is 2. The Labute approximate surface area is 127 Å². The molecule has 0 bridgehead atoms. The third kappa shape index (κ3) is 2.78. The summed E-state index contributed by atoms with van der Waals surface area (Å²) in [7, 11) is 0. The van der Waals surface area contributed by atoms with Crippen LogP contribution in [-0.4, -0.2) is 6.54 Å². The van der Waals surface area contributed by atoms with E-state index in [1.165, 1.54) is 33.3 Å². The normalized spacial score (nSPS) is 22.2. The molecule has 1 aliphatic carbocycles. The summed E-state index contributed by atoms with van der Waals surface area (Å²) in [6.45, 7) is 0.775. The van der Waals surface area contributed by atoms with Gasteiger partial charge in [-0.25, -0.2) is 0 Å². The highest BCUT2D eigenvalue weighted by molar-refractivity contribution is 9.10. The molecule has 0 radical (unpaired) electrons. The van der Waals surface area contributed by atoms with Crippen LogP contribution < -0.4 is 5.73 Å². The molecular weight excluding hydrogens is 318 g/mol. The molecule has 1 atom stereocenters. The number of rotatable bonds is 3. The Balaban J connectivity index is 1.85. The standard InChI is InChI=1S/C16H18BrNS/c17-14-7-15(19-10-14)9-16(11-18)6-5-12-3-1-2-4-13(12)8-16/h1-4,7,10H,5-6,8-9,11,18H2. The lowest BCUT2D eigenvalue weighted by molar-refractivity contribution is 0.256. The van der Waals surface area contributed by atoms with E-state index in [4.69, 9.17) is 5.73 Å². The zero-order chi connectivity index (χ0) is 13.3. The van der Waals surface area contributed by atoms with Crippen LogP contribution >= 0.6 is 27.3 Å². The second kappa shape index (κ2) is 5.39. The third-order valence-corrected chi connectivity index (χ3v) is 5.91. The molecule has 3 rings (SSSR count). The van der Waals surface area contributed by atoms with Gasteiger partial charge in [0.2, 0.25) is 0 Å². The van der Waals surface area contributed by atoms with E-state index in [1.54, 1.807) is 0 Å². The Hall–Kier alpha value is -0.640. The Morgan fingerprint density at radius 1 is 1.26 bits per heavy atom. The zero-order valence-electron chi connectivity index (χ0n) is 10.9. The quantitative estimate of drug-likeness (QED) is 0.894. The van der Waals surface area contributed by atoms with E-state index in [0.717, 1.165) is 19.4 Å². The molecule has 1 heterocycles. The summed E-state index contributed by atoms with van der Waals surface area (Å²) in [5.74, 6) is 0. The fourth-order valence-electron chi connectivity index (χ4n) is 3.08. The van der Waals surface area contributed by atoms with Crippen molar-refractivity contribution in [2.24, 2.45) is 11.1 Å². The minimum atomic E-state index is 0.249. The van der Waals surface area contributed by atoms with Crippen molar-refractivity contribution in [1.82, 2.24) is 0 Å². The predicted octanol–water partition coefficient (Wildman–Crippen LogP) is 4.19. The van der Waals surface area contributed by atoms with Gasteiger partial charge in [0, 0.05) is 14.7 Å². The number of fused-ring (bicyclic) bond motifs is 1. The Morgan fingerprint density at radius 3 is 2.74 bits per heavy atom. The number of halogens is 1. The summed E-state index contributed by atoms with van der Waals surface area (Å²) in [6, 6.07) is 11.1. The van der Waals surface area contributed by atoms with Gasteiger partial charge < -0.3 is 5.73 Å². The van der Waals surface area contributed by atoms with Crippen molar-refractivity contribution >= 4 is 27.3 Å². The minimum absolute atomic E-state index is 0.249. The lowest BCUT2D eigenvalue weighted by atomic mass is 9.69. The summed E-state index contributed by atoms with van der Waals surface area (Å²) >= 11 is 5.38. The highest BCUT2D eigenvalue weighted by Crippen LogP contribution is 2.39. The first-order valence-corrected chi connectivity index (χ1v) is 8.38. The van der Waals surface area contributed by atoms with E-state index in [2.05, 4.69) is 51.6 Å². The van der Waals surface area contributed by atoms with Gasteiger partial charge in [-0.2, -0.15) is 0 Å². The van der Waals surface area contributed by atoms with Gasteiger partial charge in [-0.3, -0.25) is 0 Å². The van der Waals surface area contributed by atoms with Crippen molar-refractivity contribution in [2.45, 2.75) is 25.7 Å². The number of hydrogen-bond donors (Lipinski definition) is 1. The van der Waals surface area contributed by atoms with Crippen LogP contribution in [0.1, 0.15) is 22.4 Å². The van der Waals surface area contributed by atoms with E-state index in [9.17, 15) is 0 Å². The molecule has 2 N–H and O–H groups in total. The molecule has 0 fully saturated rings. The first-order valence-electron chi connectivity index (χ1n) is 6.71. The number of benzene rings is 1. The fraction of sp³-hybridized carbons (Fsp3) is 0.375. The number of thiophene rings is 1. The van der Waals surface area contributed by atoms with Crippen molar-refractivity contribution in [2.75, 3.05) is 6.54 Å². The van der Waals surface area contributed by atoms with Gasteiger partial charge in [0.25, 0.3) is 0 Å². The SMILES string of the molecule is NCC1(Cc2cc(Br)cs2)CCc2ccccc2C1. The molecule has 2 aromatic rings. The van der Waals surface area contributed by atoms with Gasteiger partial charge >= 0.3 is 0 Å². The van der Waals surface area contributed by atoms with E-state index in [-0.39, 0.29) is 5.41 Å². The molecule has 1 aromatic carbocycles. The summed E-state index contributed by atoms with van der Waals surface area (Å²) in [5.41, 5.74) is 9.40. The van der Waals surface area contributed by atoms with Crippen LogP contribution in [0.3, 0.4) is 0 Å². The monoisotopic (exact) mass is 335 g/mol. The van der Waals surface area contributed by atoms with Crippen LogP contribution in [0.4, 0.5) is 0 Å². The maximum absolute atomic E-state index is 6.14. The molecule has 1 nitrogen and oxygen atoms in total. The van der Waals surface area contributed by atoms with Crippen molar-refractivity contribution in [1.29, 1.82) is 0 Å². The van der Waals surface area contributed by atoms with Gasteiger partial charge in [0.1, 0.15) is 0 Å². The second-order valence-corrected chi connectivity index (χ2v) is 7.47. The second-order valence-electron chi connectivity index (χ2n) is 5.56. The minimum Gasteiger partial charge on any atom is -0.330 e. The molecule has 100 valence electrons. The molecule has 0 amide bonds. The highest BCUT2D eigenvalue weighted by atomic mass is 79.9. The Kier molecular flexibility index (Phi) is 3.79. The maximum atomic E-state index is 6.14. The topological polar surface area (TPSA) is 26.0 Å². The average Bonchev–Trinajstić information content (AvgIpc) is 2.84. The Bertz CT molecular complexity index is 578. The molecule has 0 spiro atoms. The van der Waals surface area contributed by atoms with Crippen molar-refractivity contribution in [3.8, 4) is 0 Å². The molecule has 19 heavy (non-hydrogen) atoms. The summed E-state index contributed by atoms with van der Waals surface area (Å²) in [5, 5.41) is 2.16. The van der Waals surface area contributed by atoms with Gasteiger partial charge in [0.15, 0.2) is 0 Å². The van der Waals surface area contributed by atoms with Crippen molar-refractivity contribution < 1.29 is 0 Å².